The largest absolute Gasteiger partial charge is 0.497 e. The van der Waals surface area contributed by atoms with Crippen LogP contribution in [0.3, 0.4) is 0 Å². The minimum Gasteiger partial charge on any atom is -0.497 e. The maximum absolute atomic E-state index is 12.3. The molecule has 1 aromatic heterocycles. The number of methoxy groups -OCH3 is 1. The maximum Gasteiger partial charge on any atom is 0.277 e. The van der Waals surface area contributed by atoms with Crippen LogP contribution in [0.4, 0.5) is 5.69 Å². The third-order valence-corrected chi connectivity index (χ3v) is 4.58. The van der Waals surface area contributed by atoms with Crippen molar-refractivity contribution in [3.05, 3.63) is 54.1 Å². The number of anilines is 1. The van der Waals surface area contributed by atoms with Gasteiger partial charge in [-0.05, 0) is 49.4 Å². The fourth-order valence-electron chi connectivity index (χ4n) is 2.22. The smallest absolute Gasteiger partial charge is 0.277 e. The van der Waals surface area contributed by atoms with Crippen molar-refractivity contribution in [3.8, 4) is 23.3 Å². The molecule has 0 saturated carbocycles. The van der Waals surface area contributed by atoms with Gasteiger partial charge in [0.25, 0.3) is 5.22 Å². The van der Waals surface area contributed by atoms with E-state index in [4.69, 9.17) is 14.4 Å². The fourth-order valence-corrected chi connectivity index (χ4v) is 2.91. The van der Waals surface area contributed by atoms with Gasteiger partial charge < -0.3 is 14.5 Å². The zero-order chi connectivity index (χ0) is 19.2. The molecule has 1 unspecified atom stereocenters. The van der Waals surface area contributed by atoms with Gasteiger partial charge in [-0.25, -0.2) is 0 Å². The number of benzene rings is 2. The van der Waals surface area contributed by atoms with Gasteiger partial charge >= 0.3 is 0 Å². The third-order valence-electron chi connectivity index (χ3n) is 3.65. The lowest BCUT2D eigenvalue weighted by molar-refractivity contribution is -0.115. The highest BCUT2D eigenvalue weighted by Crippen LogP contribution is 2.27. The molecule has 3 aromatic rings. The highest BCUT2D eigenvalue weighted by Gasteiger charge is 2.19. The van der Waals surface area contributed by atoms with Gasteiger partial charge in [0, 0.05) is 11.3 Å². The predicted molar refractivity (Wildman–Crippen MR) is 101 cm³/mol. The van der Waals surface area contributed by atoms with Crippen LogP contribution < -0.4 is 10.1 Å². The molecule has 3 rings (SSSR count). The highest BCUT2D eigenvalue weighted by atomic mass is 32.2. The first kappa shape index (κ1) is 18.5. The molecule has 1 N–H and O–H groups in total. The number of rotatable bonds is 6. The van der Waals surface area contributed by atoms with Crippen LogP contribution in [0.15, 0.2) is 58.2 Å². The summed E-state index contributed by atoms with van der Waals surface area (Å²) >= 11 is 1.16. The summed E-state index contributed by atoms with van der Waals surface area (Å²) in [6.07, 6.45) is 0. The van der Waals surface area contributed by atoms with E-state index in [1.807, 2.05) is 18.2 Å². The minimum atomic E-state index is -0.458. The van der Waals surface area contributed by atoms with E-state index in [-0.39, 0.29) is 5.91 Å². The quantitative estimate of drug-likeness (QED) is 0.650. The number of hydrogen-bond acceptors (Lipinski definition) is 7. The Hall–Kier alpha value is -3.31. The second-order valence-electron chi connectivity index (χ2n) is 5.54. The van der Waals surface area contributed by atoms with E-state index in [2.05, 4.69) is 15.5 Å². The van der Waals surface area contributed by atoms with Gasteiger partial charge in [-0.2, -0.15) is 5.26 Å². The van der Waals surface area contributed by atoms with Gasteiger partial charge in [0.1, 0.15) is 5.75 Å². The summed E-state index contributed by atoms with van der Waals surface area (Å²) in [5.41, 5.74) is 1.81. The molecule has 2 aromatic carbocycles. The number of nitrogens with one attached hydrogen (secondary N) is 1. The Morgan fingerprint density at radius 3 is 2.74 bits per heavy atom. The van der Waals surface area contributed by atoms with Crippen LogP contribution in [0, 0.1) is 11.3 Å². The Kier molecular flexibility index (Phi) is 5.74. The zero-order valence-corrected chi connectivity index (χ0v) is 15.5. The maximum atomic E-state index is 12.3. The van der Waals surface area contributed by atoms with E-state index >= 15 is 0 Å². The average molecular weight is 380 g/mol. The summed E-state index contributed by atoms with van der Waals surface area (Å²) in [6.45, 7) is 1.74. The third kappa shape index (κ3) is 4.65. The van der Waals surface area contributed by atoms with Crippen molar-refractivity contribution in [2.45, 2.75) is 17.4 Å². The molecule has 7 nitrogen and oxygen atoms in total. The molecule has 0 spiro atoms. The fraction of sp³-hybridized carbons (Fsp3) is 0.158. The summed E-state index contributed by atoms with van der Waals surface area (Å²) in [5.74, 6) is 0.882. The SMILES string of the molecule is COc1ccc(-c2nnc(SC(C)C(=O)Nc3cccc(C#N)c3)o2)cc1. The molecule has 0 aliphatic carbocycles. The number of thioether (sulfide) groups is 1. The standard InChI is InChI=1S/C19H16N4O3S/c1-12(17(24)21-15-5-3-4-13(10-15)11-20)27-19-23-22-18(26-19)14-6-8-16(25-2)9-7-14/h3-10,12H,1-2H3,(H,21,24). The van der Waals surface area contributed by atoms with Gasteiger partial charge in [0.2, 0.25) is 11.8 Å². The van der Waals surface area contributed by atoms with Crippen molar-refractivity contribution < 1.29 is 13.9 Å². The van der Waals surface area contributed by atoms with Crippen LogP contribution >= 0.6 is 11.8 Å². The molecule has 27 heavy (non-hydrogen) atoms. The van der Waals surface area contributed by atoms with E-state index in [1.54, 1.807) is 50.4 Å². The number of carbonyl (C=O) groups is 1. The van der Waals surface area contributed by atoms with E-state index in [0.717, 1.165) is 23.1 Å². The van der Waals surface area contributed by atoms with Crippen molar-refractivity contribution in [2.75, 3.05) is 12.4 Å². The van der Waals surface area contributed by atoms with Crippen LogP contribution in [0.5, 0.6) is 5.75 Å². The zero-order valence-electron chi connectivity index (χ0n) is 14.7. The topological polar surface area (TPSA) is 101 Å². The Morgan fingerprint density at radius 1 is 1.26 bits per heavy atom. The lowest BCUT2D eigenvalue weighted by atomic mass is 10.2. The van der Waals surface area contributed by atoms with Crippen LogP contribution in [-0.4, -0.2) is 28.5 Å². The number of aromatic nitrogens is 2. The van der Waals surface area contributed by atoms with Crippen LogP contribution in [0.2, 0.25) is 0 Å². The molecule has 0 aliphatic heterocycles. The molecule has 0 saturated heterocycles. The summed E-state index contributed by atoms with van der Waals surface area (Å²) < 4.78 is 10.7. The Balaban J connectivity index is 1.63. The molecule has 0 aliphatic rings. The van der Waals surface area contributed by atoms with E-state index in [0.29, 0.717) is 22.4 Å². The lowest BCUT2D eigenvalue weighted by Gasteiger charge is -2.09. The molecular formula is C19H16N4O3S. The number of amides is 1. The Morgan fingerprint density at radius 2 is 2.04 bits per heavy atom. The summed E-state index contributed by atoms with van der Waals surface area (Å²) in [5, 5.41) is 19.5. The van der Waals surface area contributed by atoms with Crippen LogP contribution in [-0.2, 0) is 4.79 Å². The van der Waals surface area contributed by atoms with Crippen molar-refractivity contribution in [1.29, 1.82) is 5.26 Å². The summed E-state index contributed by atoms with van der Waals surface area (Å²) in [4.78, 5) is 12.3. The molecule has 0 radical (unpaired) electrons. The van der Waals surface area contributed by atoms with Gasteiger partial charge in [-0.1, -0.05) is 17.8 Å². The second-order valence-corrected chi connectivity index (χ2v) is 6.84. The molecule has 0 bridgehead atoms. The van der Waals surface area contributed by atoms with E-state index in [9.17, 15) is 4.79 Å². The Labute approximate surface area is 160 Å². The monoisotopic (exact) mass is 380 g/mol. The molecule has 1 heterocycles. The molecule has 136 valence electrons. The number of nitrogens with zero attached hydrogens (tertiary/aromatic N) is 3. The predicted octanol–water partition coefficient (Wildman–Crippen LogP) is 3.74. The number of ether oxygens (including phenoxy) is 1. The minimum absolute atomic E-state index is 0.223. The normalized spacial score (nSPS) is 11.4. The van der Waals surface area contributed by atoms with E-state index in [1.165, 1.54) is 0 Å². The van der Waals surface area contributed by atoms with E-state index < -0.39 is 5.25 Å². The number of carbonyl (C=O) groups excluding carboxylic acids is 1. The molecular weight excluding hydrogens is 364 g/mol. The molecule has 1 amide bonds. The summed E-state index contributed by atoms with van der Waals surface area (Å²) in [7, 11) is 1.60. The van der Waals surface area contributed by atoms with Crippen molar-refractivity contribution in [2.24, 2.45) is 0 Å². The molecule has 8 heteroatoms. The van der Waals surface area contributed by atoms with Crippen LogP contribution in [0.1, 0.15) is 12.5 Å². The Bertz CT molecular complexity index is 979. The van der Waals surface area contributed by atoms with Gasteiger partial charge in [0.05, 0.1) is 24.0 Å². The number of hydrogen-bond donors (Lipinski definition) is 1. The first-order valence-electron chi connectivity index (χ1n) is 8.04. The summed E-state index contributed by atoms with van der Waals surface area (Å²) in [6, 6.07) is 16.0. The van der Waals surface area contributed by atoms with Crippen molar-refractivity contribution in [1.82, 2.24) is 10.2 Å². The first-order valence-corrected chi connectivity index (χ1v) is 8.92. The second kappa shape index (κ2) is 8.38. The van der Waals surface area contributed by atoms with Gasteiger partial charge in [0.15, 0.2) is 0 Å². The molecule has 0 fully saturated rings. The number of nitriles is 1. The van der Waals surface area contributed by atoms with Crippen LogP contribution in [0.25, 0.3) is 11.5 Å². The average Bonchev–Trinajstić information content (AvgIpc) is 3.16. The highest BCUT2D eigenvalue weighted by molar-refractivity contribution is 8.00. The lowest BCUT2D eigenvalue weighted by Crippen LogP contribution is -2.22. The first-order chi connectivity index (χ1) is 13.1. The van der Waals surface area contributed by atoms with Crippen molar-refractivity contribution in [3.63, 3.8) is 0 Å². The van der Waals surface area contributed by atoms with Crippen molar-refractivity contribution >= 4 is 23.4 Å². The van der Waals surface area contributed by atoms with Gasteiger partial charge in [-0.15, -0.1) is 10.2 Å². The molecule has 1 atom stereocenters. The van der Waals surface area contributed by atoms with Gasteiger partial charge in [-0.3, -0.25) is 4.79 Å².